The van der Waals surface area contributed by atoms with E-state index in [1.807, 2.05) is 6.07 Å². The molecule has 0 amide bonds. The molecule has 41 heavy (non-hydrogen) atoms. The van der Waals surface area contributed by atoms with Crippen molar-refractivity contribution in [2.45, 2.75) is 44.7 Å². The van der Waals surface area contributed by atoms with Gasteiger partial charge < -0.3 is 23.7 Å². The zero-order valence-electron chi connectivity index (χ0n) is 23.0. The van der Waals surface area contributed by atoms with Crippen molar-refractivity contribution in [1.82, 2.24) is 0 Å². The second kappa shape index (κ2) is 15.9. The van der Waals surface area contributed by atoms with Crippen molar-refractivity contribution < 1.29 is 37.3 Å². The third-order valence-corrected chi connectivity index (χ3v) is 7.81. The zero-order chi connectivity index (χ0) is 29.9. The van der Waals surface area contributed by atoms with Gasteiger partial charge in [0, 0.05) is 22.2 Å². The van der Waals surface area contributed by atoms with Crippen LogP contribution in [0, 0.1) is 5.92 Å². The number of ether oxygens (including phenoxy) is 5. The van der Waals surface area contributed by atoms with Crippen molar-refractivity contribution in [3.05, 3.63) is 81.9 Å². The van der Waals surface area contributed by atoms with E-state index >= 15 is 0 Å². The Labute approximate surface area is 253 Å². The molecule has 1 aliphatic carbocycles. The maximum Gasteiger partial charge on any atom is 0.387 e. The number of benzene rings is 2. The summed E-state index contributed by atoms with van der Waals surface area (Å²) in [6.45, 7) is 2.80. The Hall–Kier alpha value is -2.88. The number of carbonyl (C=O) groups excluding carboxylic acids is 1. The number of alkyl halides is 2. The van der Waals surface area contributed by atoms with E-state index in [1.165, 1.54) is 19.3 Å². The predicted molar refractivity (Wildman–Crippen MR) is 159 cm³/mol. The number of halogens is 4. The van der Waals surface area contributed by atoms with Gasteiger partial charge in [-0.2, -0.15) is 8.78 Å². The van der Waals surface area contributed by atoms with E-state index in [1.54, 1.807) is 44.4 Å². The smallest absolute Gasteiger partial charge is 0.387 e. The van der Waals surface area contributed by atoms with Crippen molar-refractivity contribution in [1.29, 1.82) is 0 Å². The van der Waals surface area contributed by atoms with Crippen LogP contribution in [0.15, 0.2) is 70.8 Å². The van der Waals surface area contributed by atoms with Crippen molar-refractivity contribution in [2.24, 2.45) is 5.92 Å². The molecule has 0 spiro atoms. The van der Waals surface area contributed by atoms with Gasteiger partial charge in [0.05, 0.1) is 20.8 Å². The van der Waals surface area contributed by atoms with E-state index < -0.39 is 18.0 Å². The monoisotopic (exact) mass is 628 g/mol. The summed E-state index contributed by atoms with van der Waals surface area (Å²) in [5.41, 5.74) is 1.81. The molecule has 1 aliphatic rings. The minimum Gasteiger partial charge on any atom is -0.493 e. The maximum atomic E-state index is 13.1. The lowest BCUT2D eigenvalue weighted by molar-refractivity contribution is -0.0515. The highest BCUT2D eigenvalue weighted by Gasteiger charge is 2.26. The molecule has 0 aliphatic heterocycles. The minimum absolute atomic E-state index is 0.0911. The highest BCUT2D eigenvalue weighted by atomic mass is 35.5. The van der Waals surface area contributed by atoms with Gasteiger partial charge in [0.2, 0.25) is 0 Å². The Morgan fingerprint density at radius 3 is 2.39 bits per heavy atom. The SMILES string of the molecule is C=C/C(Cl)=C(C[C@H](OC(=O)SCc1ccc(OC)c(OC)c1)c1ccc(OC(F)F)c(OCC2CC2)c1)\C(Cl)=C/C. The van der Waals surface area contributed by atoms with Crippen LogP contribution in [0.5, 0.6) is 23.0 Å². The summed E-state index contributed by atoms with van der Waals surface area (Å²) in [6, 6.07) is 9.81. The summed E-state index contributed by atoms with van der Waals surface area (Å²) in [5.74, 6) is 1.80. The molecule has 222 valence electrons. The van der Waals surface area contributed by atoms with Crippen LogP contribution in [0.1, 0.15) is 43.4 Å². The van der Waals surface area contributed by atoms with Gasteiger partial charge in [-0.1, -0.05) is 54.1 Å². The first kappa shape index (κ1) is 32.6. The molecule has 0 heterocycles. The van der Waals surface area contributed by atoms with E-state index in [-0.39, 0.29) is 23.0 Å². The van der Waals surface area contributed by atoms with Crippen LogP contribution < -0.4 is 18.9 Å². The fraction of sp³-hybridized carbons (Fsp3) is 0.367. The number of thioether (sulfide) groups is 1. The Bertz CT molecular complexity index is 1280. The van der Waals surface area contributed by atoms with Gasteiger partial charge in [0.25, 0.3) is 0 Å². The van der Waals surface area contributed by atoms with Gasteiger partial charge in [0.1, 0.15) is 6.10 Å². The van der Waals surface area contributed by atoms with Crippen molar-refractivity contribution in [2.75, 3.05) is 20.8 Å². The van der Waals surface area contributed by atoms with Gasteiger partial charge in [-0.3, -0.25) is 0 Å². The van der Waals surface area contributed by atoms with Crippen LogP contribution in [0.25, 0.3) is 0 Å². The lowest BCUT2D eigenvalue weighted by Gasteiger charge is -2.22. The first-order chi connectivity index (χ1) is 19.7. The minimum atomic E-state index is -3.03. The highest BCUT2D eigenvalue weighted by molar-refractivity contribution is 8.12. The average Bonchev–Trinajstić information content (AvgIpc) is 3.81. The molecular formula is C30H32Cl2F2O6S. The first-order valence-corrected chi connectivity index (χ1v) is 14.5. The van der Waals surface area contributed by atoms with Crippen LogP contribution in [-0.2, 0) is 10.5 Å². The Morgan fingerprint density at radius 2 is 1.78 bits per heavy atom. The second-order valence-corrected chi connectivity index (χ2v) is 10.8. The van der Waals surface area contributed by atoms with Gasteiger partial charge >= 0.3 is 11.9 Å². The van der Waals surface area contributed by atoms with Crippen LogP contribution in [0.3, 0.4) is 0 Å². The van der Waals surface area contributed by atoms with Crippen LogP contribution >= 0.6 is 35.0 Å². The number of carbonyl (C=O) groups is 1. The van der Waals surface area contributed by atoms with Crippen LogP contribution in [-0.4, -0.2) is 32.7 Å². The van der Waals surface area contributed by atoms with Crippen molar-refractivity contribution in [3.8, 4) is 23.0 Å². The molecule has 3 rings (SSSR count). The van der Waals surface area contributed by atoms with E-state index in [0.717, 1.165) is 30.2 Å². The fourth-order valence-corrected chi connectivity index (χ4v) is 4.86. The molecular weight excluding hydrogens is 597 g/mol. The molecule has 0 aromatic heterocycles. The van der Waals surface area contributed by atoms with Gasteiger partial charge in [-0.15, -0.1) is 0 Å². The van der Waals surface area contributed by atoms with Crippen molar-refractivity contribution >= 4 is 40.3 Å². The molecule has 1 atom stereocenters. The molecule has 0 unspecified atom stereocenters. The molecule has 2 aromatic rings. The largest absolute Gasteiger partial charge is 0.493 e. The number of hydrogen-bond donors (Lipinski definition) is 0. The molecule has 1 saturated carbocycles. The summed E-state index contributed by atoms with van der Waals surface area (Å²) in [7, 11) is 3.07. The molecule has 2 aromatic carbocycles. The molecule has 1 fully saturated rings. The zero-order valence-corrected chi connectivity index (χ0v) is 25.3. The topological polar surface area (TPSA) is 63.2 Å². The molecule has 0 bridgehead atoms. The highest BCUT2D eigenvalue weighted by Crippen LogP contribution is 2.40. The molecule has 0 saturated heterocycles. The third-order valence-electron chi connectivity index (χ3n) is 6.17. The normalized spacial score (nSPS) is 14.7. The quantitative estimate of drug-likeness (QED) is 0.144. The Kier molecular flexibility index (Phi) is 12.7. The standard InChI is InChI=1S/C30H32Cl2F2O6S/c1-5-22(31)21(23(32)6-2)15-26(40-30(35)41-17-19-9-11-24(36-3)27(13-19)37-4)20-10-12-25(39-29(33)34)28(14-20)38-16-18-7-8-18/h5-6,9-14,18,26,29H,1,7-8,15-17H2,2-4H3/b22-21+,23-6+/t26-/m0/s1. The third kappa shape index (κ3) is 9.87. The molecule has 11 heteroatoms. The van der Waals surface area contributed by atoms with Crippen LogP contribution in [0.4, 0.5) is 13.6 Å². The maximum absolute atomic E-state index is 13.1. The number of allylic oxidation sites excluding steroid dienone is 4. The summed E-state index contributed by atoms with van der Waals surface area (Å²) in [6.07, 6.45) is 4.33. The van der Waals surface area contributed by atoms with Gasteiger partial charge in [-0.05, 0) is 78.4 Å². The summed E-state index contributed by atoms with van der Waals surface area (Å²) in [4.78, 5) is 13.1. The average molecular weight is 630 g/mol. The number of methoxy groups -OCH3 is 2. The first-order valence-electron chi connectivity index (χ1n) is 12.8. The lowest BCUT2D eigenvalue weighted by atomic mass is 9.99. The Morgan fingerprint density at radius 1 is 1.07 bits per heavy atom. The van der Waals surface area contributed by atoms with E-state index in [0.29, 0.717) is 45.9 Å². The number of rotatable bonds is 15. The molecule has 6 nitrogen and oxygen atoms in total. The van der Waals surface area contributed by atoms with E-state index in [9.17, 15) is 13.6 Å². The summed E-state index contributed by atoms with van der Waals surface area (Å²) < 4.78 is 53.1. The Balaban J connectivity index is 1.89. The second-order valence-electron chi connectivity index (χ2n) is 9.04. The van der Waals surface area contributed by atoms with Gasteiger partial charge in [0.15, 0.2) is 23.0 Å². The molecule has 0 radical (unpaired) electrons. The summed E-state index contributed by atoms with van der Waals surface area (Å²) >= 11 is 13.8. The summed E-state index contributed by atoms with van der Waals surface area (Å²) in [5, 5.41) is 0.0793. The van der Waals surface area contributed by atoms with E-state index in [4.69, 9.17) is 42.1 Å². The van der Waals surface area contributed by atoms with Crippen LogP contribution in [0.2, 0.25) is 0 Å². The lowest BCUT2D eigenvalue weighted by Crippen LogP contribution is -2.12. The molecule has 0 N–H and O–H groups in total. The van der Waals surface area contributed by atoms with Crippen molar-refractivity contribution in [3.63, 3.8) is 0 Å². The van der Waals surface area contributed by atoms with E-state index in [2.05, 4.69) is 11.3 Å². The fourth-order valence-electron chi connectivity index (χ4n) is 3.81. The number of hydrogen-bond acceptors (Lipinski definition) is 7. The predicted octanol–water partition coefficient (Wildman–Crippen LogP) is 9.42. The van der Waals surface area contributed by atoms with Gasteiger partial charge in [-0.25, -0.2) is 4.79 Å².